The van der Waals surface area contributed by atoms with Crippen LogP contribution in [-0.2, 0) is 21.8 Å². The highest BCUT2D eigenvalue weighted by Gasteiger charge is 2.25. The zero-order valence-corrected chi connectivity index (χ0v) is 11.2. The van der Waals surface area contributed by atoms with Gasteiger partial charge in [-0.1, -0.05) is 0 Å². The van der Waals surface area contributed by atoms with Gasteiger partial charge in [0.05, 0.1) is 19.0 Å². The molecule has 0 unspecified atom stereocenters. The summed E-state index contributed by atoms with van der Waals surface area (Å²) in [5.41, 5.74) is 0. The van der Waals surface area contributed by atoms with Gasteiger partial charge in [-0.25, -0.2) is 13.4 Å². The van der Waals surface area contributed by atoms with Crippen LogP contribution in [0.1, 0.15) is 6.42 Å². The molecule has 0 bridgehead atoms. The molecule has 0 N–H and O–H groups in total. The van der Waals surface area contributed by atoms with E-state index in [9.17, 15) is 8.42 Å². The van der Waals surface area contributed by atoms with E-state index in [-0.39, 0.29) is 31.1 Å². The van der Waals surface area contributed by atoms with Crippen LogP contribution in [0.25, 0.3) is 0 Å². The normalized spacial score (nSPS) is 11.7. The molecule has 0 spiro atoms. The van der Waals surface area contributed by atoms with Gasteiger partial charge in [0.15, 0.2) is 5.03 Å². The van der Waals surface area contributed by atoms with Crippen molar-refractivity contribution in [3.05, 3.63) is 12.5 Å². The first-order valence-corrected chi connectivity index (χ1v) is 6.80. The third-order valence-corrected chi connectivity index (χ3v) is 4.09. The van der Waals surface area contributed by atoms with Gasteiger partial charge in [0.25, 0.3) is 10.0 Å². The molecule has 8 heteroatoms. The monoisotopic (exact) mass is 272 g/mol. The Labute approximate surface area is 107 Å². The Balaban J connectivity index is 2.92. The molecule has 0 aromatic carbocycles. The Morgan fingerprint density at radius 2 is 2.28 bits per heavy atom. The van der Waals surface area contributed by atoms with Crippen LogP contribution < -0.4 is 0 Å². The molecule has 0 saturated carbocycles. The molecule has 1 aromatic rings. The fourth-order valence-corrected chi connectivity index (χ4v) is 2.77. The fourth-order valence-electron chi connectivity index (χ4n) is 1.37. The quantitative estimate of drug-likeness (QED) is 0.695. The van der Waals surface area contributed by atoms with Crippen molar-refractivity contribution in [3.63, 3.8) is 0 Å². The summed E-state index contributed by atoms with van der Waals surface area (Å²) in [5.74, 6) is 0. The molecule has 0 saturated heterocycles. The summed E-state index contributed by atoms with van der Waals surface area (Å²) >= 11 is 0. The highest BCUT2D eigenvalue weighted by Crippen LogP contribution is 2.13. The minimum atomic E-state index is -3.65. The summed E-state index contributed by atoms with van der Waals surface area (Å²) in [6.07, 6.45) is 2.99. The van der Waals surface area contributed by atoms with E-state index in [1.54, 1.807) is 11.6 Å². The number of nitriles is 1. The lowest BCUT2D eigenvalue weighted by molar-refractivity contribution is 0.179. The number of hydrogen-bond donors (Lipinski definition) is 0. The van der Waals surface area contributed by atoms with Gasteiger partial charge in [0.2, 0.25) is 0 Å². The van der Waals surface area contributed by atoms with Gasteiger partial charge < -0.3 is 9.30 Å². The summed E-state index contributed by atoms with van der Waals surface area (Å²) in [7, 11) is -0.463. The first-order valence-electron chi connectivity index (χ1n) is 5.36. The average molecular weight is 272 g/mol. The number of sulfonamides is 1. The van der Waals surface area contributed by atoms with Crippen LogP contribution in [0.2, 0.25) is 0 Å². The predicted molar refractivity (Wildman–Crippen MR) is 64.1 cm³/mol. The molecular formula is C10H16N4O3S. The maximum absolute atomic E-state index is 12.2. The Morgan fingerprint density at radius 3 is 2.78 bits per heavy atom. The van der Waals surface area contributed by atoms with Crippen LogP contribution in [0.3, 0.4) is 0 Å². The standard InChI is InChI=1S/C10H16N4O3S/c1-13-8-10(12-9-13)18(15,16)14(5-3-4-11)6-7-17-2/h8-9H,3,5-7H2,1-2H3. The van der Waals surface area contributed by atoms with Crippen molar-refractivity contribution in [1.29, 1.82) is 5.26 Å². The molecule has 0 fully saturated rings. The first-order chi connectivity index (χ1) is 8.52. The smallest absolute Gasteiger partial charge is 0.262 e. The topological polar surface area (TPSA) is 88.2 Å². The second-order valence-corrected chi connectivity index (χ2v) is 5.57. The Bertz CT molecular complexity index is 517. The summed E-state index contributed by atoms with van der Waals surface area (Å²) in [4.78, 5) is 3.83. The molecule has 0 aliphatic carbocycles. The molecular weight excluding hydrogens is 256 g/mol. The van der Waals surface area contributed by atoms with Crippen LogP contribution in [-0.4, -0.2) is 49.1 Å². The van der Waals surface area contributed by atoms with Crippen LogP contribution in [0.4, 0.5) is 0 Å². The number of aryl methyl sites for hydroxylation is 1. The Kier molecular flexibility index (Phi) is 5.27. The summed E-state index contributed by atoms with van der Waals surface area (Å²) in [6, 6.07) is 1.93. The van der Waals surface area contributed by atoms with Crippen LogP contribution in [0.5, 0.6) is 0 Å². The number of hydrogen-bond acceptors (Lipinski definition) is 5. The molecule has 18 heavy (non-hydrogen) atoms. The van der Waals surface area contributed by atoms with Gasteiger partial charge in [0.1, 0.15) is 0 Å². The summed E-state index contributed by atoms with van der Waals surface area (Å²) in [5, 5.41) is 8.54. The Morgan fingerprint density at radius 1 is 1.56 bits per heavy atom. The number of imidazole rings is 1. The molecule has 0 radical (unpaired) electrons. The number of nitrogens with zero attached hydrogens (tertiary/aromatic N) is 4. The van der Waals surface area contributed by atoms with Crippen molar-refractivity contribution in [2.24, 2.45) is 7.05 Å². The van der Waals surface area contributed by atoms with E-state index in [1.165, 1.54) is 23.9 Å². The molecule has 0 aliphatic rings. The third kappa shape index (κ3) is 3.53. The predicted octanol–water partition coefficient (Wildman–Crippen LogP) is -0.0291. The molecule has 0 amide bonds. The van der Waals surface area contributed by atoms with Crippen molar-refractivity contribution < 1.29 is 13.2 Å². The van der Waals surface area contributed by atoms with Crippen molar-refractivity contribution >= 4 is 10.0 Å². The number of rotatable bonds is 7. The van der Waals surface area contributed by atoms with Crippen molar-refractivity contribution in [1.82, 2.24) is 13.9 Å². The van der Waals surface area contributed by atoms with E-state index in [0.717, 1.165) is 0 Å². The van der Waals surface area contributed by atoms with E-state index in [0.29, 0.717) is 0 Å². The maximum Gasteiger partial charge on any atom is 0.262 e. The molecule has 0 aliphatic heterocycles. The van der Waals surface area contributed by atoms with E-state index in [4.69, 9.17) is 10.00 Å². The fraction of sp³-hybridized carbons (Fsp3) is 0.600. The minimum absolute atomic E-state index is 0.0148. The van der Waals surface area contributed by atoms with E-state index in [1.807, 2.05) is 6.07 Å². The van der Waals surface area contributed by atoms with Gasteiger partial charge in [-0.05, 0) is 0 Å². The molecule has 1 heterocycles. The van der Waals surface area contributed by atoms with Gasteiger partial charge in [-0.3, -0.25) is 0 Å². The Hall–Kier alpha value is -1.43. The van der Waals surface area contributed by atoms with Gasteiger partial charge in [-0.15, -0.1) is 0 Å². The lowest BCUT2D eigenvalue weighted by Gasteiger charge is -2.19. The number of ether oxygens (including phenoxy) is 1. The summed E-state index contributed by atoms with van der Waals surface area (Å²) in [6.45, 7) is 0.618. The number of methoxy groups -OCH3 is 1. The minimum Gasteiger partial charge on any atom is -0.383 e. The van der Waals surface area contributed by atoms with Crippen LogP contribution >= 0.6 is 0 Å². The third-order valence-electron chi connectivity index (χ3n) is 2.30. The lowest BCUT2D eigenvalue weighted by atomic mass is 10.4. The van der Waals surface area contributed by atoms with Crippen LogP contribution in [0.15, 0.2) is 17.6 Å². The summed E-state index contributed by atoms with van der Waals surface area (Å²) < 4.78 is 32.1. The number of aromatic nitrogens is 2. The van der Waals surface area contributed by atoms with E-state index in [2.05, 4.69) is 4.98 Å². The van der Waals surface area contributed by atoms with Gasteiger partial charge in [-0.2, -0.15) is 9.57 Å². The molecule has 1 rings (SSSR count). The van der Waals surface area contributed by atoms with E-state index >= 15 is 0 Å². The first kappa shape index (κ1) is 14.6. The largest absolute Gasteiger partial charge is 0.383 e. The van der Waals surface area contributed by atoms with Crippen molar-refractivity contribution in [3.8, 4) is 6.07 Å². The van der Waals surface area contributed by atoms with Crippen molar-refractivity contribution in [2.45, 2.75) is 11.4 Å². The maximum atomic E-state index is 12.2. The second kappa shape index (κ2) is 6.49. The van der Waals surface area contributed by atoms with Gasteiger partial charge >= 0.3 is 0 Å². The van der Waals surface area contributed by atoms with Crippen LogP contribution in [0, 0.1) is 11.3 Å². The highest BCUT2D eigenvalue weighted by molar-refractivity contribution is 7.89. The highest BCUT2D eigenvalue weighted by atomic mass is 32.2. The zero-order chi connectivity index (χ0) is 13.6. The molecule has 0 atom stereocenters. The molecule has 1 aromatic heterocycles. The lowest BCUT2D eigenvalue weighted by Crippen LogP contribution is -2.35. The average Bonchev–Trinajstić information content (AvgIpc) is 2.76. The second-order valence-electron chi connectivity index (χ2n) is 3.68. The van der Waals surface area contributed by atoms with Crippen molar-refractivity contribution in [2.75, 3.05) is 26.8 Å². The van der Waals surface area contributed by atoms with E-state index < -0.39 is 10.0 Å². The zero-order valence-electron chi connectivity index (χ0n) is 10.4. The van der Waals surface area contributed by atoms with Gasteiger partial charge in [0, 0.05) is 39.9 Å². The molecule has 100 valence electrons. The molecule has 7 nitrogen and oxygen atoms in total. The SMILES string of the molecule is COCCN(CCC#N)S(=O)(=O)c1cn(C)cn1.